The first-order valence-corrected chi connectivity index (χ1v) is 11.1. The number of anilines is 1. The van der Waals surface area contributed by atoms with Crippen LogP contribution in [0.2, 0.25) is 0 Å². The number of amides is 1. The average Bonchev–Trinajstić information content (AvgIpc) is 3.20. The summed E-state index contributed by atoms with van der Waals surface area (Å²) in [5.41, 5.74) is 6.72. The van der Waals surface area contributed by atoms with Gasteiger partial charge in [0, 0.05) is 55.1 Å². The predicted octanol–water partition coefficient (Wildman–Crippen LogP) is 4.14. The maximum absolute atomic E-state index is 14.0. The first kappa shape index (κ1) is 21.1. The molecular formula is C26H24FN5O. The molecule has 1 aromatic carbocycles. The quantitative estimate of drug-likeness (QED) is 0.608. The largest absolute Gasteiger partial charge is 0.371 e. The highest BCUT2D eigenvalue weighted by Crippen LogP contribution is 2.31. The maximum Gasteiger partial charge on any atom is 0.223 e. The summed E-state index contributed by atoms with van der Waals surface area (Å²) in [6, 6.07) is 12.3. The molecule has 7 heteroatoms. The molecule has 2 aromatic heterocycles. The van der Waals surface area contributed by atoms with E-state index in [9.17, 15) is 9.18 Å². The Bertz CT molecular complexity index is 1290. The minimum atomic E-state index is -0.547. The van der Waals surface area contributed by atoms with E-state index in [0.717, 1.165) is 30.2 Å². The molecule has 33 heavy (non-hydrogen) atoms. The molecule has 4 heterocycles. The monoisotopic (exact) mass is 441 g/mol. The summed E-state index contributed by atoms with van der Waals surface area (Å²) >= 11 is 0. The Morgan fingerprint density at radius 3 is 2.76 bits per heavy atom. The first-order valence-electron chi connectivity index (χ1n) is 11.1. The highest BCUT2D eigenvalue weighted by Gasteiger charge is 2.33. The van der Waals surface area contributed by atoms with Crippen molar-refractivity contribution in [2.45, 2.75) is 33.4 Å². The van der Waals surface area contributed by atoms with E-state index in [1.807, 2.05) is 30.0 Å². The normalized spacial score (nSPS) is 15.2. The third-order valence-corrected chi connectivity index (χ3v) is 6.52. The zero-order chi connectivity index (χ0) is 23.1. The van der Waals surface area contributed by atoms with Crippen molar-refractivity contribution >= 4 is 11.6 Å². The second-order valence-electron chi connectivity index (χ2n) is 8.94. The number of fused-ring (bicyclic) bond motifs is 1. The lowest BCUT2D eigenvalue weighted by Crippen LogP contribution is -2.48. The van der Waals surface area contributed by atoms with Crippen LogP contribution in [-0.4, -0.2) is 33.9 Å². The van der Waals surface area contributed by atoms with E-state index in [4.69, 9.17) is 5.26 Å². The van der Waals surface area contributed by atoms with Gasteiger partial charge in [-0.15, -0.1) is 0 Å². The molecule has 0 spiro atoms. The van der Waals surface area contributed by atoms with E-state index in [1.54, 1.807) is 12.3 Å². The van der Waals surface area contributed by atoms with Crippen LogP contribution in [-0.2, 0) is 17.9 Å². The summed E-state index contributed by atoms with van der Waals surface area (Å²) in [5, 5.41) is 8.92. The van der Waals surface area contributed by atoms with Crippen molar-refractivity contribution in [3.05, 3.63) is 76.5 Å². The van der Waals surface area contributed by atoms with E-state index < -0.39 is 5.82 Å². The van der Waals surface area contributed by atoms with Crippen molar-refractivity contribution < 1.29 is 9.18 Å². The number of nitrogens with zero attached hydrogens (tertiary/aromatic N) is 5. The number of pyridine rings is 2. The number of nitriles is 1. The number of halogens is 1. The minimum absolute atomic E-state index is 0.0207. The van der Waals surface area contributed by atoms with Crippen molar-refractivity contribution in [1.82, 2.24) is 14.9 Å². The third kappa shape index (κ3) is 4.05. The number of aromatic nitrogens is 2. The van der Waals surface area contributed by atoms with Gasteiger partial charge < -0.3 is 9.80 Å². The molecule has 3 aromatic rings. The Morgan fingerprint density at radius 2 is 2.00 bits per heavy atom. The standard InChI is InChI=1S/C26H24FN5O/c1-16-7-17(2)30-25-15-32(14-22(16)25)26(33)8-18-12-31(13-18)21-5-6-29-24(10-21)19-3-4-20(11-28)23(27)9-19/h3-7,9-10,18H,8,12-15H2,1-2H3. The van der Waals surface area contributed by atoms with Crippen LogP contribution in [0.15, 0.2) is 42.6 Å². The molecule has 1 amide bonds. The van der Waals surface area contributed by atoms with Gasteiger partial charge in [0.15, 0.2) is 0 Å². The van der Waals surface area contributed by atoms with Gasteiger partial charge in [0.2, 0.25) is 5.91 Å². The molecule has 0 N–H and O–H groups in total. The Balaban J connectivity index is 1.20. The number of hydrogen-bond acceptors (Lipinski definition) is 5. The number of rotatable bonds is 4. The second-order valence-corrected chi connectivity index (χ2v) is 8.94. The molecule has 6 nitrogen and oxygen atoms in total. The molecule has 0 aliphatic carbocycles. The number of carbonyl (C=O) groups is 1. The molecular weight excluding hydrogens is 417 g/mol. The summed E-state index contributed by atoms with van der Waals surface area (Å²) in [7, 11) is 0. The van der Waals surface area contributed by atoms with Gasteiger partial charge >= 0.3 is 0 Å². The van der Waals surface area contributed by atoms with Gasteiger partial charge in [-0.2, -0.15) is 5.26 Å². The molecule has 0 radical (unpaired) electrons. The smallest absolute Gasteiger partial charge is 0.223 e. The van der Waals surface area contributed by atoms with Crippen LogP contribution in [0, 0.1) is 36.9 Å². The van der Waals surface area contributed by atoms with Crippen molar-refractivity contribution in [1.29, 1.82) is 5.26 Å². The molecule has 166 valence electrons. The van der Waals surface area contributed by atoms with E-state index in [2.05, 4.69) is 27.9 Å². The van der Waals surface area contributed by atoms with Gasteiger partial charge in [-0.25, -0.2) is 4.39 Å². The van der Waals surface area contributed by atoms with Gasteiger partial charge in [-0.3, -0.25) is 14.8 Å². The fourth-order valence-corrected chi connectivity index (χ4v) is 4.72. The summed E-state index contributed by atoms with van der Waals surface area (Å²) in [5.74, 6) is -0.0616. The molecule has 1 saturated heterocycles. The van der Waals surface area contributed by atoms with Gasteiger partial charge in [0.25, 0.3) is 0 Å². The second kappa shape index (κ2) is 8.28. The molecule has 0 atom stereocenters. The van der Waals surface area contributed by atoms with Crippen LogP contribution >= 0.6 is 0 Å². The minimum Gasteiger partial charge on any atom is -0.371 e. The SMILES string of the molecule is Cc1cc(C)c2c(n1)CN(C(=O)CC1CN(c3ccnc(-c4ccc(C#N)c(F)c4)c3)C1)C2. The topological polar surface area (TPSA) is 73.1 Å². The number of aryl methyl sites for hydroxylation is 2. The maximum atomic E-state index is 14.0. The zero-order valence-electron chi connectivity index (χ0n) is 18.7. The highest BCUT2D eigenvalue weighted by molar-refractivity contribution is 5.78. The Labute approximate surface area is 192 Å². The fourth-order valence-electron chi connectivity index (χ4n) is 4.72. The van der Waals surface area contributed by atoms with Crippen LogP contribution in [0.5, 0.6) is 0 Å². The predicted molar refractivity (Wildman–Crippen MR) is 123 cm³/mol. The summed E-state index contributed by atoms with van der Waals surface area (Å²) < 4.78 is 14.0. The zero-order valence-corrected chi connectivity index (χ0v) is 18.7. The van der Waals surface area contributed by atoms with Gasteiger partial charge in [0.1, 0.15) is 11.9 Å². The number of carbonyl (C=O) groups excluding carboxylic acids is 1. The lowest BCUT2D eigenvalue weighted by Gasteiger charge is -2.41. The Hall–Kier alpha value is -3.79. The summed E-state index contributed by atoms with van der Waals surface area (Å²) in [6.07, 6.45) is 2.24. The van der Waals surface area contributed by atoms with Crippen LogP contribution in [0.1, 0.15) is 34.5 Å². The van der Waals surface area contributed by atoms with Crippen LogP contribution in [0.25, 0.3) is 11.3 Å². The van der Waals surface area contributed by atoms with Gasteiger partial charge in [-0.05, 0) is 55.3 Å². The average molecular weight is 442 g/mol. The molecule has 0 saturated carbocycles. The lowest BCUT2D eigenvalue weighted by atomic mass is 9.94. The van der Waals surface area contributed by atoms with E-state index >= 15 is 0 Å². The molecule has 0 bridgehead atoms. The van der Waals surface area contributed by atoms with Crippen LogP contribution < -0.4 is 4.90 Å². The van der Waals surface area contributed by atoms with Crippen LogP contribution in [0.3, 0.4) is 0 Å². The van der Waals surface area contributed by atoms with Crippen molar-refractivity contribution in [2.24, 2.45) is 5.92 Å². The van der Waals surface area contributed by atoms with E-state index in [1.165, 1.54) is 23.3 Å². The lowest BCUT2D eigenvalue weighted by molar-refractivity contribution is -0.133. The Kier molecular flexibility index (Phi) is 5.29. The van der Waals surface area contributed by atoms with Gasteiger partial charge in [-0.1, -0.05) is 6.07 Å². The summed E-state index contributed by atoms with van der Waals surface area (Å²) in [6.45, 7) is 6.92. The van der Waals surface area contributed by atoms with Crippen LogP contribution in [0.4, 0.5) is 10.1 Å². The van der Waals surface area contributed by atoms with Crippen molar-refractivity contribution in [2.75, 3.05) is 18.0 Å². The van der Waals surface area contributed by atoms with E-state index in [0.29, 0.717) is 36.7 Å². The Morgan fingerprint density at radius 1 is 1.18 bits per heavy atom. The number of benzene rings is 1. The van der Waals surface area contributed by atoms with E-state index in [-0.39, 0.29) is 11.5 Å². The van der Waals surface area contributed by atoms with Gasteiger partial charge in [0.05, 0.1) is 23.5 Å². The van der Waals surface area contributed by atoms with Crippen molar-refractivity contribution in [3.63, 3.8) is 0 Å². The third-order valence-electron chi connectivity index (χ3n) is 6.52. The highest BCUT2D eigenvalue weighted by atomic mass is 19.1. The fraction of sp³-hybridized carbons (Fsp3) is 0.308. The first-order chi connectivity index (χ1) is 15.9. The summed E-state index contributed by atoms with van der Waals surface area (Å²) in [4.78, 5) is 26.0. The molecule has 2 aliphatic rings. The molecule has 0 unspecified atom stereocenters. The number of hydrogen-bond donors (Lipinski definition) is 0. The molecule has 5 rings (SSSR count). The molecule has 2 aliphatic heterocycles. The molecule has 1 fully saturated rings. The van der Waals surface area contributed by atoms with Crippen molar-refractivity contribution in [3.8, 4) is 17.3 Å².